The summed E-state index contributed by atoms with van der Waals surface area (Å²) in [4.78, 5) is 21.3. The highest BCUT2D eigenvalue weighted by molar-refractivity contribution is 6.33. The fourth-order valence-electron chi connectivity index (χ4n) is 1.28. The molecule has 6 nitrogen and oxygen atoms in total. The molecule has 1 rings (SSSR count). The standard InChI is InChI=1S/C10H11ClN2O4/c1-2-17-9(14)4-6-3-7(13(15)16)5-8(11)10(6)12/h3,5H,2,4,12H2,1H3. The minimum absolute atomic E-state index is 0.0542. The minimum atomic E-state index is -0.597. The molecule has 0 aromatic heterocycles. The van der Waals surface area contributed by atoms with Crippen LogP contribution in [0.4, 0.5) is 11.4 Å². The highest BCUT2D eigenvalue weighted by Gasteiger charge is 2.16. The molecule has 0 unspecified atom stereocenters. The van der Waals surface area contributed by atoms with Crippen molar-refractivity contribution in [2.24, 2.45) is 0 Å². The van der Waals surface area contributed by atoms with Crippen molar-refractivity contribution >= 4 is 28.9 Å². The molecule has 2 N–H and O–H groups in total. The summed E-state index contributed by atoms with van der Waals surface area (Å²) in [6, 6.07) is 2.36. The zero-order chi connectivity index (χ0) is 13.0. The van der Waals surface area contributed by atoms with Crippen LogP contribution < -0.4 is 5.73 Å². The molecule has 0 saturated heterocycles. The fraction of sp³-hybridized carbons (Fsp3) is 0.300. The number of non-ortho nitro benzene ring substituents is 1. The van der Waals surface area contributed by atoms with Gasteiger partial charge in [-0.2, -0.15) is 0 Å². The average molecular weight is 259 g/mol. The highest BCUT2D eigenvalue weighted by atomic mass is 35.5. The SMILES string of the molecule is CCOC(=O)Cc1cc([N+](=O)[O-])cc(Cl)c1N. The predicted octanol–water partition coefficient (Wildman–Crippen LogP) is 1.94. The maximum Gasteiger partial charge on any atom is 0.310 e. The van der Waals surface area contributed by atoms with Gasteiger partial charge in [0.15, 0.2) is 0 Å². The first-order valence-corrected chi connectivity index (χ1v) is 5.21. The number of nitrogen functional groups attached to an aromatic ring is 1. The lowest BCUT2D eigenvalue weighted by atomic mass is 10.1. The average Bonchev–Trinajstić information content (AvgIpc) is 2.24. The molecule has 0 bridgehead atoms. The first-order chi connectivity index (χ1) is 7.95. The van der Waals surface area contributed by atoms with Crippen LogP contribution in [-0.4, -0.2) is 17.5 Å². The van der Waals surface area contributed by atoms with Crippen molar-refractivity contribution in [3.8, 4) is 0 Å². The molecule has 17 heavy (non-hydrogen) atoms. The molecule has 0 saturated carbocycles. The first kappa shape index (κ1) is 13.2. The molecule has 7 heteroatoms. The summed E-state index contributed by atoms with van der Waals surface area (Å²) in [6.07, 6.45) is -0.138. The number of nitro groups is 1. The molecule has 92 valence electrons. The van der Waals surface area contributed by atoms with Gasteiger partial charge in [-0.05, 0) is 12.5 Å². The number of carbonyl (C=O) groups is 1. The number of hydrogen-bond acceptors (Lipinski definition) is 5. The molecule has 0 atom stereocenters. The predicted molar refractivity (Wildman–Crippen MR) is 62.9 cm³/mol. The van der Waals surface area contributed by atoms with Gasteiger partial charge in [-0.25, -0.2) is 0 Å². The second-order valence-corrected chi connectivity index (χ2v) is 3.65. The van der Waals surface area contributed by atoms with E-state index in [1.54, 1.807) is 6.92 Å². The number of esters is 1. The van der Waals surface area contributed by atoms with E-state index in [2.05, 4.69) is 0 Å². The summed E-state index contributed by atoms with van der Waals surface area (Å²) in [5, 5.41) is 10.7. The van der Waals surface area contributed by atoms with E-state index in [0.717, 1.165) is 6.07 Å². The summed E-state index contributed by atoms with van der Waals surface area (Å²) < 4.78 is 4.73. The number of ether oxygens (including phenoxy) is 1. The largest absolute Gasteiger partial charge is 0.466 e. The van der Waals surface area contributed by atoms with E-state index in [1.165, 1.54) is 6.07 Å². The van der Waals surface area contributed by atoms with Gasteiger partial charge in [0, 0.05) is 12.1 Å². The van der Waals surface area contributed by atoms with Gasteiger partial charge in [0.2, 0.25) is 0 Å². The number of rotatable bonds is 4. The second-order valence-electron chi connectivity index (χ2n) is 3.24. The van der Waals surface area contributed by atoms with Gasteiger partial charge in [0.25, 0.3) is 5.69 Å². The van der Waals surface area contributed by atoms with Crippen molar-refractivity contribution in [1.29, 1.82) is 0 Å². The van der Waals surface area contributed by atoms with Gasteiger partial charge in [-0.1, -0.05) is 11.6 Å². The fourth-order valence-corrected chi connectivity index (χ4v) is 1.51. The topological polar surface area (TPSA) is 95.5 Å². The molecule has 1 aromatic rings. The molecule has 0 aliphatic heterocycles. The van der Waals surface area contributed by atoms with Crippen molar-refractivity contribution in [2.75, 3.05) is 12.3 Å². The number of hydrogen-bond donors (Lipinski definition) is 1. The van der Waals surface area contributed by atoms with E-state index in [1.807, 2.05) is 0 Å². The number of halogens is 1. The summed E-state index contributed by atoms with van der Waals surface area (Å²) in [6.45, 7) is 1.91. The maximum atomic E-state index is 11.3. The number of anilines is 1. The van der Waals surface area contributed by atoms with Crippen LogP contribution >= 0.6 is 11.6 Å². The summed E-state index contributed by atoms with van der Waals surface area (Å²) in [5.74, 6) is -0.504. The van der Waals surface area contributed by atoms with Crippen LogP contribution in [-0.2, 0) is 16.0 Å². The van der Waals surface area contributed by atoms with Crippen molar-refractivity contribution in [3.05, 3.63) is 32.8 Å². The zero-order valence-electron chi connectivity index (χ0n) is 9.10. The van der Waals surface area contributed by atoms with E-state index in [0.29, 0.717) is 5.56 Å². The summed E-state index contributed by atoms with van der Waals surface area (Å²) in [7, 11) is 0. The van der Waals surface area contributed by atoms with E-state index in [-0.39, 0.29) is 29.4 Å². The van der Waals surface area contributed by atoms with Crippen molar-refractivity contribution in [3.63, 3.8) is 0 Å². The lowest BCUT2D eigenvalue weighted by molar-refractivity contribution is -0.384. The van der Waals surface area contributed by atoms with Crippen LogP contribution in [0.3, 0.4) is 0 Å². The number of nitrogens with zero attached hydrogens (tertiary/aromatic N) is 1. The Balaban J connectivity index is 3.05. The molecular formula is C10H11ClN2O4. The minimum Gasteiger partial charge on any atom is -0.466 e. The van der Waals surface area contributed by atoms with Gasteiger partial charge in [0.05, 0.1) is 28.7 Å². The Morgan fingerprint density at radius 1 is 1.59 bits per heavy atom. The highest BCUT2D eigenvalue weighted by Crippen LogP contribution is 2.29. The third kappa shape index (κ3) is 3.32. The van der Waals surface area contributed by atoms with Gasteiger partial charge in [-0.15, -0.1) is 0 Å². The van der Waals surface area contributed by atoms with Gasteiger partial charge < -0.3 is 10.5 Å². The molecular weight excluding hydrogens is 248 g/mol. The zero-order valence-corrected chi connectivity index (χ0v) is 9.86. The monoisotopic (exact) mass is 258 g/mol. The molecule has 0 spiro atoms. The number of nitrogens with two attached hydrogens (primary N) is 1. The molecule has 0 heterocycles. The lowest BCUT2D eigenvalue weighted by Gasteiger charge is -2.07. The Kier molecular flexibility index (Phi) is 4.28. The third-order valence-corrected chi connectivity index (χ3v) is 2.36. The Hall–Kier alpha value is -1.82. The first-order valence-electron chi connectivity index (χ1n) is 4.83. The Morgan fingerprint density at radius 2 is 2.24 bits per heavy atom. The molecule has 0 radical (unpaired) electrons. The normalized spacial score (nSPS) is 10.0. The van der Waals surface area contributed by atoms with E-state index < -0.39 is 10.9 Å². The van der Waals surface area contributed by atoms with Gasteiger partial charge in [-0.3, -0.25) is 14.9 Å². The lowest BCUT2D eigenvalue weighted by Crippen LogP contribution is -2.09. The van der Waals surface area contributed by atoms with Crippen LogP contribution in [0.15, 0.2) is 12.1 Å². The van der Waals surface area contributed by atoms with Crippen molar-refractivity contribution in [1.82, 2.24) is 0 Å². The van der Waals surface area contributed by atoms with Crippen molar-refractivity contribution in [2.45, 2.75) is 13.3 Å². The number of benzene rings is 1. The molecule has 0 aliphatic carbocycles. The Morgan fingerprint density at radius 3 is 2.76 bits per heavy atom. The molecule has 0 aliphatic rings. The summed E-state index contributed by atoms with van der Waals surface area (Å²) >= 11 is 5.74. The van der Waals surface area contributed by atoms with Gasteiger partial charge >= 0.3 is 5.97 Å². The van der Waals surface area contributed by atoms with Crippen LogP contribution in [0.25, 0.3) is 0 Å². The smallest absolute Gasteiger partial charge is 0.310 e. The second kappa shape index (κ2) is 5.49. The quantitative estimate of drug-likeness (QED) is 0.385. The van der Waals surface area contributed by atoms with Crippen LogP contribution in [0, 0.1) is 10.1 Å². The molecule has 0 fully saturated rings. The van der Waals surface area contributed by atoms with E-state index in [4.69, 9.17) is 22.1 Å². The van der Waals surface area contributed by atoms with Crippen LogP contribution in [0.5, 0.6) is 0 Å². The Bertz CT molecular complexity index is 462. The summed E-state index contributed by atoms with van der Waals surface area (Å²) in [5.41, 5.74) is 5.88. The van der Waals surface area contributed by atoms with Crippen LogP contribution in [0.2, 0.25) is 5.02 Å². The molecule has 0 amide bonds. The maximum absolute atomic E-state index is 11.3. The Labute approximate surface area is 102 Å². The van der Waals surface area contributed by atoms with Crippen LogP contribution in [0.1, 0.15) is 12.5 Å². The third-order valence-electron chi connectivity index (χ3n) is 2.05. The number of carbonyl (C=O) groups excluding carboxylic acids is 1. The van der Waals surface area contributed by atoms with Gasteiger partial charge in [0.1, 0.15) is 0 Å². The van der Waals surface area contributed by atoms with E-state index >= 15 is 0 Å². The van der Waals surface area contributed by atoms with Crippen molar-refractivity contribution < 1.29 is 14.5 Å². The molecule has 1 aromatic carbocycles. The number of nitro benzene ring substituents is 1. The van der Waals surface area contributed by atoms with E-state index in [9.17, 15) is 14.9 Å².